The summed E-state index contributed by atoms with van der Waals surface area (Å²) in [5.41, 5.74) is 5.08. The van der Waals surface area contributed by atoms with Crippen LogP contribution in [-0.2, 0) is 27.3 Å². The number of halogens is 3. The Kier molecular flexibility index (Phi) is 9.02. The first-order valence-corrected chi connectivity index (χ1v) is 12.5. The quantitative estimate of drug-likeness (QED) is 0.334. The highest BCUT2D eigenvalue weighted by molar-refractivity contribution is 6.30. The van der Waals surface area contributed by atoms with Gasteiger partial charge in [0.15, 0.2) is 5.54 Å². The summed E-state index contributed by atoms with van der Waals surface area (Å²) in [4.78, 5) is 27.5. The van der Waals surface area contributed by atoms with Gasteiger partial charge in [-0.2, -0.15) is 0 Å². The zero-order valence-corrected chi connectivity index (χ0v) is 22.3. The highest BCUT2D eigenvalue weighted by Gasteiger charge is 2.54. The monoisotopic (exact) mass is 537 g/mol. The van der Waals surface area contributed by atoms with Crippen molar-refractivity contribution < 1.29 is 27.8 Å². The first-order valence-electron chi connectivity index (χ1n) is 12.1. The van der Waals surface area contributed by atoms with Gasteiger partial charge in [0, 0.05) is 23.8 Å². The van der Waals surface area contributed by atoms with Crippen molar-refractivity contribution in [2.75, 3.05) is 19.0 Å². The molecule has 1 amide bonds. The molecule has 1 saturated heterocycles. The van der Waals surface area contributed by atoms with Gasteiger partial charge in [-0.1, -0.05) is 17.7 Å². The van der Waals surface area contributed by atoms with E-state index in [1.54, 1.807) is 68.1 Å². The van der Waals surface area contributed by atoms with Gasteiger partial charge in [-0.3, -0.25) is 9.69 Å². The van der Waals surface area contributed by atoms with E-state index in [2.05, 4.69) is 5.32 Å². The third kappa shape index (κ3) is 6.90. The van der Waals surface area contributed by atoms with Crippen molar-refractivity contribution in [3.63, 3.8) is 0 Å². The molecule has 0 aromatic heterocycles. The molecule has 0 radical (unpaired) electrons. The average Bonchev–Trinajstić information content (AvgIpc) is 3.24. The van der Waals surface area contributed by atoms with Crippen molar-refractivity contribution in [2.45, 2.75) is 70.2 Å². The summed E-state index contributed by atoms with van der Waals surface area (Å²) < 4.78 is 38.8. The van der Waals surface area contributed by atoms with E-state index in [1.165, 1.54) is 7.11 Å². The van der Waals surface area contributed by atoms with Crippen molar-refractivity contribution in [2.24, 2.45) is 5.73 Å². The number of primary amides is 1. The summed E-state index contributed by atoms with van der Waals surface area (Å²) in [5.74, 6) is -0.887. The molecular weight excluding hydrogens is 504 g/mol. The largest absolute Gasteiger partial charge is 0.497 e. The number of amides is 1. The number of nitrogens with two attached hydrogens (primary N) is 1. The normalized spacial score (nSPS) is 19.0. The molecule has 1 heterocycles. The SMILES string of the molecule is COc1ccc(NC(Cc2ccc(Cl)cc2CN2CCC[C@]2(C(N)=O)C(=O)OC(C)(C)C)C(F)F)cc1. The van der Waals surface area contributed by atoms with Crippen LogP contribution in [0.4, 0.5) is 14.5 Å². The van der Waals surface area contributed by atoms with Gasteiger partial charge in [0.25, 0.3) is 6.43 Å². The van der Waals surface area contributed by atoms with Crippen LogP contribution in [0.25, 0.3) is 0 Å². The second-order valence-electron chi connectivity index (χ2n) is 10.2. The Labute approximate surface area is 221 Å². The average molecular weight is 538 g/mol. The van der Waals surface area contributed by atoms with Crippen LogP contribution in [0.15, 0.2) is 42.5 Å². The molecule has 0 bridgehead atoms. The number of benzene rings is 2. The Morgan fingerprint density at radius 2 is 1.84 bits per heavy atom. The molecule has 7 nitrogen and oxygen atoms in total. The summed E-state index contributed by atoms with van der Waals surface area (Å²) in [6, 6.07) is 10.5. The van der Waals surface area contributed by atoms with Gasteiger partial charge in [-0.05, 0) is 87.6 Å². The first kappa shape index (κ1) is 28.7. The lowest BCUT2D eigenvalue weighted by Gasteiger charge is -2.36. The summed E-state index contributed by atoms with van der Waals surface area (Å²) in [6.45, 7) is 5.68. The lowest BCUT2D eigenvalue weighted by atomic mass is 9.93. The molecule has 0 saturated carbocycles. The summed E-state index contributed by atoms with van der Waals surface area (Å²) in [7, 11) is 1.53. The van der Waals surface area contributed by atoms with Crippen LogP contribution in [0.3, 0.4) is 0 Å². The molecular formula is C27H34ClF2N3O4. The van der Waals surface area contributed by atoms with Gasteiger partial charge in [0.05, 0.1) is 13.2 Å². The lowest BCUT2D eigenvalue weighted by molar-refractivity contribution is -0.171. The molecule has 1 aliphatic heterocycles. The van der Waals surface area contributed by atoms with E-state index in [4.69, 9.17) is 26.8 Å². The Hall–Kier alpha value is -2.91. The van der Waals surface area contributed by atoms with E-state index in [-0.39, 0.29) is 19.4 Å². The Balaban J connectivity index is 1.88. The number of likely N-dealkylation sites (tertiary alicyclic amines) is 1. The standard InChI is InChI=1S/C27H34ClF2N3O4/c1-26(2,3)37-25(35)27(24(31)34)12-5-13-33(27)16-18-14-19(28)7-6-17(18)15-22(23(29)30)32-20-8-10-21(36-4)11-9-20/h6-11,14,22-23,32H,5,12-13,15-16H2,1-4H3,(H2,31,34)/t22?,27-/m0/s1. The van der Waals surface area contributed by atoms with Gasteiger partial charge >= 0.3 is 5.97 Å². The third-order valence-electron chi connectivity index (χ3n) is 6.37. The fourth-order valence-corrected chi connectivity index (χ4v) is 4.74. The number of alkyl halides is 2. The van der Waals surface area contributed by atoms with Crippen molar-refractivity contribution in [3.05, 3.63) is 58.6 Å². The van der Waals surface area contributed by atoms with E-state index in [1.807, 2.05) is 0 Å². The van der Waals surface area contributed by atoms with Crippen LogP contribution >= 0.6 is 11.6 Å². The molecule has 10 heteroatoms. The van der Waals surface area contributed by atoms with Crippen LogP contribution in [0, 0.1) is 0 Å². The third-order valence-corrected chi connectivity index (χ3v) is 6.60. The smallest absolute Gasteiger partial charge is 0.336 e. The summed E-state index contributed by atoms with van der Waals surface area (Å²) in [6.07, 6.45) is -1.91. The number of hydrogen-bond donors (Lipinski definition) is 2. The van der Waals surface area contributed by atoms with E-state index in [9.17, 15) is 18.4 Å². The fourth-order valence-electron chi connectivity index (χ4n) is 4.55. The van der Waals surface area contributed by atoms with Gasteiger partial charge in [0.2, 0.25) is 5.91 Å². The van der Waals surface area contributed by atoms with Gasteiger partial charge in [-0.25, -0.2) is 13.6 Å². The van der Waals surface area contributed by atoms with Gasteiger partial charge in [-0.15, -0.1) is 0 Å². The van der Waals surface area contributed by atoms with Crippen LogP contribution in [0.1, 0.15) is 44.7 Å². The predicted octanol–water partition coefficient (Wildman–Crippen LogP) is 4.80. The van der Waals surface area contributed by atoms with E-state index >= 15 is 0 Å². The highest BCUT2D eigenvalue weighted by atomic mass is 35.5. The van der Waals surface area contributed by atoms with Gasteiger partial charge in [0.1, 0.15) is 11.4 Å². The number of esters is 1. The van der Waals surface area contributed by atoms with Crippen molar-refractivity contribution >= 4 is 29.2 Å². The highest BCUT2D eigenvalue weighted by Crippen LogP contribution is 2.35. The predicted molar refractivity (Wildman–Crippen MR) is 139 cm³/mol. The molecule has 1 unspecified atom stereocenters. The number of ether oxygens (including phenoxy) is 2. The van der Waals surface area contributed by atoms with Crippen LogP contribution in [0.2, 0.25) is 5.02 Å². The second kappa shape index (κ2) is 11.6. The molecule has 37 heavy (non-hydrogen) atoms. The molecule has 3 rings (SSSR count). The van der Waals surface area contributed by atoms with E-state index in [0.717, 1.165) is 0 Å². The number of rotatable bonds is 10. The summed E-state index contributed by atoms with van der Waals surface area (Å²) >= 11 is 6.27. The molecule has 202 valence electrons. The van der Waals surface area contributed by atoms with Crippen LogP contribution in [0.5, 0.6) is 5.75 Å². The van der Waals surface area contributed by atoms with Crippen LogP contribution in [-0.4, -0.2) is 54.0 Å². The Morgan fingerprint density at radius 3 is 2.41 bits per heavy atom. The van der Waals surface area contributed by atoms with Crippen molar-refractivity contribution in [1.82, 2.24) is 4.90 Å². The lowest BCUT2D eigenvalue weighted by Crippen LogP contribution is -2.60. The number of hydrogen-bond acceptors (Lipinski definition) is 6. The molecule has 1 fully saturated rings. The number of methoxy groups -OCH3 is 1. The van der Waals surface area contributed by atoms with E-state index in [0.29, 0.717) is 40.6 Å². The molecule has 2 aromatic carbocycles. The number of carbonyl (C=O) groups excluding carboxylic acids is 2. The minimum atomic E-state index is -2.66. The zero-order chi connectivity index (χ0) is 27.4. The number of anilines is 1. The molecule has 1 aliphatic rings. The second-order valence-corrected chi connectivity index (χ2v) is 10.6. The molecule has 2 atom stereocenters. The molecule has 2 aromatic rings. The molecule has 0 spiro atoms. The number of nitrogens with zero attached hydrogens (tertiary/aromatic N) is 1. The van der Waals surface area contributed by atoms with Crippen LogP contribution < -0.4 is 15.8 Å². The molecule has 0 aliphatic carbocycles. The molecule has 3 N–H and O–H groups in total. The fraction of sp³-hybridized carbons (Fsp3) is 0.481. The maximum Gasteiger partial charge on any atom is 0.336 e. The minimum Gasteiger partial charge on any atom is -0.497 e. The van der Waals surface area contributed by atoms with Crippen molar-refractivity contribution in [3.8, 4) is 5.75 Å². The number of carbonyl (C=O) groups is 2. The topological polar surface area (TPSA) is 93.9 Å². The minimum absolute atomic E-state index is 0.0138. The Bertz CT molecular complexity index is 1110. The maximum atomic E-state index is 14.1. The maximum absolute atomic E-state index is 14.1. The van der Waals surface area contributed by atoms with Crippen molar-refractivity contribution in [1.29, 1.82) is 0 Å². The zero-order valence-electron chi connectivity index (χ0n) is 21.5. The number of nitrogens with one attached hydrogen (secondary N) is 1. The van der Waals surface area contributed by atoms with E-state index < -0.39 is 35.5 Å². The van der Waals surface area contributed by atoms with Gasteiger partial charge < -0.3 is 20.5 Å². The first-order chi connectivity index (χ1) is 17.4. The Morgan fingerprint density at radius 1 is 1.16 bits per heavy atom. The summed E-state index contributed by atoms with van der Waals surface area (Å²) in [5, 5.41) is 3.31.